The molecule has 0 aromatic heterocycles. The van der Waals surface area contributed by atoms with Crippen molar-refractivity contribution in [3.05, 3.63) is 29.8 Å². The van der Waals surface area contributed by atoms with Crippen LogP contribution in [0.4, 0.5) is 5.69 Å². The number of hydrogen-bond acceptors (Lipinski definition) is 3. The monoisotopic (exact) mass is 360 g/mol. The largest absolute Gasteiger partial charge is 0.480 e. The van der Waals surface area contributed by atoms with Gasteiger partial charge in [-0.05, 0) is 48.8 Å². The zero-order valence-electron chi connectivity index (χ0n) is 15.8. The Bertz CT molecular complexity index is 693. The zero-order chi connectivity index (χ0) is 19.5. The average Bonchev–Trinajstić information content (AvgIpc) is 3.27. The first-order valence-electron chi connectivity index (χ1n) is 9.01. The van der Waals surface area contributed by atoms with E-state index in [1.807, 2.05) is 27.7 Å². The second-order valence-electron chi connectivity index (χ2n) is 8.35. The minimum Gasteiger partial charge on any atom is -0.480 e. The Morgan fingerprint density at radius 3 is 2.46 bits per heavy atom. The van der Waals surface area contributed by atoms with Crippen molar-refractivity contribution in [2.75, 3.05) is 5.32 Å². The van der Waals surface area contributed by atoms with Crippen molar-refractivity contribution in [3.8, 4) is 0 Å². The number of carboxylic acid groups (broad SMARTS) is 1. The molecule has 6 heteroatoms. The van der Waals surface area contributed by atoms with E-state index in [1.54, 1.807) is 24.3 Å². The van der Waals surface area contributed by atoms with Crippen molar-refractivity contribution < 1.29 is 19.5 Å². The normalized spacial score (nSPS) is 20.2. The van der Waals surface area contributed by atoms with E-state index in [0.29, 0.717) is 30.0 Å². The molecule has 2 amide bonds. The van der Waals surface area contributed by atoms with Gasteiger partial charge >= 0.3 is 5.97 Å². The summed E-state index contributed by atoms with van der Waals surface area (Å²) in [6.45, 7) is 8.11. The molecule has 1 aliphatic rings. The number of carboxylic acids is 1. The molecular weight excluding hydrogens is 332 g/mol. The second kappa shape index (κ2) is 7.89. The van der Waals surface area contributed by atoms with Crippen LogP contribution >= 0.6 is 0 Å². The summed E-state index contributed by atoms with van der Waals surface area (Å²) in [6.07, 6.45) is 1.93. The Labute approximate surface area is 154 Å². The van der Waals surface area contributed by atoms with E-state index in [-0.39, 0.29) is 17.2 Å². The summed E-state index contributed by atoms with van der Waals surface area (Å²) < 4.78 is 0. The number of nitrogens with one attached hydrogen (secondary N) is 2. The molecule has 6 nitrogen and oxygen atoms in total. The molecule has 0 bridgehead atoms. The SMILES string of the molecule is CC1CC1C(=O)Nc1cccc(C(=O)NC(CCC(C)(C)C)C(=O)O)c1. The van der Waals surface area contributed by atoms with Crippen molar-refractivity contribution in [3.63, 3.8) is 0 Å². The number of aliphatic carboxylic acids is 1. The van der Waals surface area contributed by atoms with Gasteiger partial charge in [-0.2, -0.15) is 0 Å². The molecule has 2 rings (SSSR count). The maximum atomic E-state index is 12.4. The van der Waals surface area contributed by atoms with E-state index in [4.69, 9.17) is 0 Å². The smallest absolute Gasteiger partial charge is 0.326 e. The molecule has 1 aromatic rings. The standard InChI is InChI=1S/C20H28N2O4/c1-12-10-15(12)18(24)21-14-7-5-6-13(11-14)17(23)22-16(19(25)26)8-9-20(2,3)4/h5-7,11-12,15-16H,8-10H2,1-4H3,(H,21,24)(H,22,23)(H,25,26). The topological polar surface area (TPSA) is 95.5 Å². The van der Waals surface area contributed by atoms with Gasteiger partial charge in [0, 0.05) is 17.2 Å². The second-order valence-corrected chi connectivity index (χ2v) is 8.35. The maximum Gasteiger partial charge on any atom is 0.326 e. The highest BCUT2D eigenvalue weighted by Crippen LogP contribution is 2.38. The molecule has 0 spiro atoms. The number of carbonyl (C=O) groups is 3. The van der Waals surface area contributed by atoms with Gasteiger partial charge in [-0.25, -0.2) is 4.79 Å². The number of carbonyl (C=O) groups excluding carboxylic acids is 2. The first kappa shape index (κ1) is 19.9. The fourth-order valence-electron chi connectivity index (χ4n) is 2.74. The molecule has 142 valence electrons. The zero-order valence-corrected chi connectivity index (χ0v) is 15.8. The van der Waals surface area contributed by atoms with Crippen LogP contribution in [0.3, 0.4) is 0 Å². The highest BCUT2D eigenvalue weighted by molar-refractivity contribution is 5.99. The minimum absolute atomic E-state index is 0.0113. The van der Waals surface area contributed by atoms with Crippen LogP contribution in [-0.2, 0) is 9.59 Å². The number of amides is 2. The van der Waals surface area contributed by atoms with Gasteiger partial charge in [0.05, 0.1) is 0 Å². The lowest BCUT2D eigenvalue weighted by Gasteiger charge is -2.21. The van der Waals surface area contributed by atoms with Crippen LogP contribution in [0.25, 0.3) is 0 Å². The Balaban J connectivity index is 2.00. The molecule has 1 aromatic carbocycles. The first-order chi connectivity index (χ1) is 12.1. The Morgan fingerprint density at radius 1 is 1.27 bits per heavy atom. The van der Waals surface area contributed by atoms with E-state index < -0.39 is 17.9 Å². The van der Waals surface area contributed by atoms with Crippen molar-refractivity contribution in [1.29, 1.82) is 0 Å². The van der Waals surface area contributed by atoms with Gasteiger partial charge in [-0.3, -0.25) is 9.59 Å². The molecular formula is C20H28N2O4. The fraction of sp³-hybridized carbons (Fsp3) is 0.550. The molecule has 1 saturated carbocycles. The van der Waals surface area contributed by atoms with Crippen LogP contribution in [0, 0.1) is 17.3 Å². The highest BCUT2D eigenvalue weighted by Gasteiger charge is 2.39. The van der Waals surface area contributed by atoms with Gasteiger partial charge in [0.1, 0.15) is 6.04 Å². The van der Waals surface area contributed by atoms with Crippen LogP contribution in [-0.4, -0.2) is 28.9 Å². The lowest BCUT2D eigenvalue weighted by atomic mass is 9.88. The van der Waals surface area contributed by atoms with Crippen LogP contribution in [0.15, 0.2) is 24.3 Å². The molecule has 3 N–H and O–H groups in total. The predicted molar refractivity (Wildman–Crippen MR) is 99.9 cm³/mol. The van der Waals surface area contributed by atoms with Crippen molar-refractivity contribution in [1.82, 2.24) is 5.32 Å². The number of anilines is 1. The molecule has 3 unspecified atom stereocenters. The van der Waals surface area contributed by atoms with Gasteiger partial charge in [0.15, 0.2) is 0 Å². The summed E-state index contributed by atoms with van der Waals surface area (Å²) in [6, 6.07) is 5.63. The third kappa shape index (κ3) is 5.86. The summed E-state index contributed by atoms with van der Waals surface area (Å²) in [7, 11) is 0. The van der Waals surface area contributed by atoms with E-state index in [1.165, 1.54) is 0 Å². The fourth-order valence-corrected chi connectivity index (χ4v) is 2.74. The summed E-state index contributed by atoms with van der Waals surface area (Å²) >= 11 is 0. The molecule has 0 radical (unpaired) electrons. The van der Waals surface area contributed by atoms with Crippen molar-refractivity contribution >= 4 is 23.5 Å². The molecule has 0 heterocycles. The number of benzene rings is 1. The predicted octanol–water partition coefficient (Wildman–Crippen LogP) is 3.29. The molecule has 26 heavy (non-hydrogen) atoms. The van der Waals surface area contributed by atoms with Crippen LogP contribution in [0.1, 0.15) is 57.3 Å². The lowest BCUT2D eigenvalue weighted by Crippen LogP contribution is -2.41. The number of rotatable bonds is 7. The Kier molecular flexibility index (Phi) is 6.05. The van der Waals surface area contributed by atoms with Gasteiger partial charge in [-0.15, -0.1) is 0 Å². The summed E-state index contributed by atoms with van der Waals surface area (Å²) in [4.78, 5) is 35.9. The average molecular weight is 360 g/mol. The molecule has 0 saturated heterocycles. The summed E-state index contributed by atoms with van der Waals surface area (Å²) in [5.41, 5.74) is 0.861. The Morgan fingerprint density at radius 2 is 1.92 bits per heavy atom. The van der Waals surface area contributed by atoms with E-state index in [9.17, 15) is 19.5 Å². The molecule has 3 atom stereocenters. The quantitative estimate of drug-likeness (QED) is 0.695. The maximum absolute atomic E-state index is 12.4. The van der Waals surface area contributed by atoms with Crippen molar-refractivity contribution in [2.24, 2.45) is 17.3 Å². The van der Waals surface area contributed by atoms with Gasteiger partial charge in [0.2, 0.25) is 5.91 Å². The van der Waals surface area contributed by atoms with Gasteiger partial charge < -0.3 is 15.7 Å². The molecule has 1 aliphatic carbocycles. The van der Waals surface area contributed by atoms with Crippen LogP contribution < -0.4 is 10.6 Å². The highest BCUT2D eigenvalue weighted by atomic mass is 16.4. The van der Waals surface area contributed by atoms with E-state index in [2.05, 4.69) is 10.6 Å². The summed E-state index contributed by atoms with van der Waals surface area (Å²) in [5, 5.41) is 14.8. The van der Waals surface area contributed by atoms with Crippen LogP contribution in [0.5, 0.6) is 0 Å². The first-order valence-corrected chi connectivity index (χ1v) is 9.01. The van der Waals surface area contributed by atoms with Gasteiger partial charge in [0.25, 0.3) is 5.91 Å². The summed E-state index contributed by atoms with van der Waals surface area (Å²) in [5.74, 6) is -1.09. The number of hydrogen-bond donors (Lipinski definition) is 3. The molecule has 1 fully saturated rings. The Hall–Kier alpha value is -2.37. The lowest BCUT2D eigenvalue weighted by molar-refractivity contribution is -0.139. The van der Waals surface area contributed by atoms with E-state index >= 15 is 0 Å². The molecule has 0 aliphatic heterocycles. The third-order valence-corrected chi connectivity index (χ3v) is 4.62. The third-order valence-electron chi connectivity index (χ3n) is 4.62. The van der Waals surface area contributed by atoms with Gasteiger partial charge in [-0.1, -0.05) is 33.8 Å². The minimum atomic E-state index is -1.05. The van der Waals surface area contributed by atoms with Crippen LogP contribution in [0.2, 0.25) is 0 Å². The van der Waals surface area contributed by atoms with Crippen molar-refractivity contribution in [2.45, 2.75) is 53.0 Å². The van der Waals surface area contributed by atoms with E-state index in [0.717, 1.165) is 6.42 Å².